The minimum absolute atomic E-state index is 0.309. The molecule has 1 atom stereocenters. The SMILES string of the molecule is c1cc2c(o1)CCCC2Nc1ccc(N2CCOCC2)cn1. The number of fused-ring (bicyclic) bond motifs is 1. The molecule has 3 heterocycles. The quantitative estimate of drug-likeness (QED) is 0.944. The summed E-state index contributed by atoms with van der Waals surface area (Å²) < 4.78 is 10.9. The lowest BCUT2D eigenvalue weighted by Gasteiger charge is -2.29. The number of aromatic nitrogens is 1. The number of nitrogens with zero attached hydrogens (tertiary/aromatic N) is 2. The van der Waals surface area contributed by atoms with E-state index in [4.69, 9.17) is 9.15 Å². The highest BCUT2D eigenvalue weighted by atomic mass is 16.5. The highest BCUT2D eigenvalue weighted by molar-refractivity contribution is 5.50. The van der Waals surface area contributed by atoms with Crippen LogP contribution in [-0.2, 0) is 11.2 Å². The van der Waals surface area contributed by atoms with Crippen LogP contribution in [-0.4, -0.2) is 31.3 Å². The molecule has 0 spiro atoms. The minimum Gasteiger partial charge on any atom is -0.469 e. The fourth-order valence-corrected chi connectivity index (χ4v) is 3.29. The molecular weight excluding hydrogens is 278 g/mol. The van der Waals surface area contributed by atoms with Gasteiger partial charge in [-0.2, -0.15) is 0 Å². The fraction of sp³-hybridized carbons (Fsp3) is 0.471. The van der Waals surface area contributed by atoms with E-state index in [2.05, 4.69) is 33.4 Å². The number of pyridine rings is 1. The van der Waals surface area contributed by atoms with Gasteiger partial charge in [-0.1, -0.05) is 0 Å². The summed E-state index contributed by atoms with van der Waals surface area (Å²) in [5, 5.41) is 3.54. The van der Waals surface area contributed by atoms with Crippen LogP contribution in [0.3, 0.4) is 0 Å². The van der Waals surface area contributed by atoms with E-state index in [1.165, 1.54) is 11.3 Å². The highest BCUT2D eigenvalue weighted by Gasteiger charge is 2.22. The Labute approximate surface area is 130 Å². The Bertz CT molecular complexity index is 617. The van der Waals surface area contributed by atoms with E-state index in [9.17, 15) is 0 Å². The molecule has 0 radical (unpaired) electrons. The number of furan rings is 1. The van der Waals surface area contributed by atoms with Gasteiger partial charge in [-0.15, -0.1) is 0 Å². The lowest BCUT2D eigenvalue weighted by atomic mass is 9.93. The topological polar surface area (TPSA) is 50.5 Å². The molecule has 22 heavy (non-hydrogen) atoms. The molecule has 2 aromatic rings. The monoisotopic (exact) mass is 299 g/mol. The summed E-state index contributed by atoms with van der Waals surface area (Å²) >= 11 is 0. The first-order chi connectivity index (χ1) is 10.9. The number of hydrogen-bond donors (Lipinski definition) is 1. The zero-order chi connectivity index (χ0) is 14.8. The van der Waals surface area contributed by atoms with E-state index in [1.807, 2.05) is 6.20 Å². The van der Waals surface area contributed by atoms with E-state index < -0.39 is 0 Å². The van der Waals surface area contributed by atoms with Gasteiger partial charge in [-0.3, -0.25) is 0 Å². The van der Waals surface area contributed by atoms with E-state index in [0.29, 0.717) is 6.04 Å². The summed E-state index contributed by atoms with van der Waals surface area (Å²) in [5.74, 6) is 2.05. The van der Waals surface area contributed by atoms with Crippen molar-refractivity contribution in [1.82, 2.24) is 4.98 Å². The number of morpholine rings is 1. The van der Waals surface area contributed by atoms with Crippen molar-refractivity contribution < 1.29 is 9.15 Å². The van der Waals surface area contributed by atoms with E-state index in [0.717, 1.165) is 57.1 Å². The second kappa shape index (κ2) is 6.01. The Morgan fingerprint density at radius 2 is 2.09 bits per heavy atom. The smallest absolute Gasteiger partial charge is 0.126 e. The summed E-state index contributed by atoms with van der Waals surface area (Å²) in [6, 6.07) is 6.59. The van der Waals surface area contributed by atoms with Gasteiger partial charge in [0.1, 0.15) is 11.6 Å². The minimum atomic E-state index is 0.309. The second-order valence-corrected chi connectivity index (χ2v) is 5.89. The number of rotatable bonds is 3. The molecule has 116 valence electrons. The normalized spacial score (nSPS) is 21.5. The molecule has 0 amide bonds. The molecule has 0 bridgehead atoms. The Kier molecular flexibility index (Phi) is 3.72. The number of hydrogen-bond acceptors (Lipinski definition) is 5. The van der Waals surface area contributed by atoms with Crippen LogP contribution in [0, 0.1) is 0 Å². The van der Waals surface area contributed by atoms with Gasteiger partial charge >= 0.3 is 0 Å². The van der Waals surface area contributed by atoms with Crippen LogP contribution in [0.5, 0.6) is 0 Å². The van der Waals surface area contributed by atoms with Crippen molar-refractivity contribution in [3.63, 3.8) is 0 Å². The Morgan fingerprint density at radius 3 is 2.91 bits per heavy atom. The molecule has 1 aliphatic carbocycles. The van der Waals surface area contributed by atoms with Crippen LogP contribution < -0.4 is 10.2 Å². The standard InChI is InChI=1S/C17H21N3O2/c1-2-15(14-6-9-22-16(14)3-1)19-17-5-4-13(12-18-17)20-7-10-21-11-8-20/h4-6,9,12,15H,1-3,7-8,10-11H2,(H,18,19). The first kappa shape index (κ1) is 13.6. The summed E-state index contributed by atoms with van der Waals surface area (Å²) in [6.07, 6.45) is 7.07. The average Bonchev–Trinajstić information content (AvgIpc) is 3.06. The maximum atomic E-state index is 5.54. The van der Waals surface area contributed by atoms with Crippen LogP contribution in [0.2, 0.25) is 0 Å². The third kappa shape index (κ3) is 2.68. The lowest BCUT2D eigenvalue weighted by Crippen LogP contribution is -2.36. The lowest BCUT2D eigenvalue weighted by molar-refractivity contribution is 0.122. The van der Waals surface area contributed by atoms with Gasteiger partial charge in [0.15, 0.2) is 0 Å². The molecule has 5 heteroatoms. The third-order valence-corrected chi connectivity index (χ3v) is 4.50. The zero-order valence-corrected chi connectivity index (χ0v) is 12.6. The average molecular weight is 299 g/mol. The van der Waals surface area contributed by atoms with Gasteiger partial charge in [0.05, 0.1) is 37.4 Å². The van der Waals surface area contributed by atoms with Gasteiger partial charge < -0.3 is 19.4 Å². The largest absolute Gasteiger partial charge is 0.469 e. The summed E-state index contributed by atoms with van der Waals surface area (Å²) in [4.78, 5) is 6.90. The van der Waals surface area contributed by atoms with Crippen LogP contribution in [0.1, 0.15) is 30.2 Å². The molecule has 1 fully saturated rings. The Hall–Kier alpha value is -2.01. The van der Waals surface area contributed by atoms with Crippen molar-refractivity contribution in [3.8, 4) is 0 Å². The molecule has 0 aromatic carbocycles. The molecule has 0 saturated carbocycles. The molecule has 5 nitrogen and oxygen atoms in total. The molecule has 1 unspecified atom stereocenters. The maximum absolute atomic E-state index is 5.54. The fourth-order valence-electron chi connectivity index (χ4n) is 3.29. The highest BCUT2D eigenvalue weighted by Crippen LogP contribution is 2.33. The molecule has 2 aliphatic rings. The van der Waals surface area contributed by atoms with Gasteiger partial charge in [0.25, 0.3) is 0 Å². The van der Waals surface area contributed by atoms with E-state index >= 15 is 0 Å². The van der Waals surface area contributed by atoms with Crippen molar-refractivity contribution in [2.45, 2.75) is 25.3 Å². The molecule has 4 rings (SSSR count). The molecule has 1 N–H and O–H groups in total. The molecule has 1 aliphatic heterocycles. The molecule has 2 aromatic heterocycles. The summed E-state index contributed by atoms with van der Waals surface area (Å²) in [6.45, 7) is 3.47. The van der Waals surface area contributed by atoms with E-state index in [-0.39, 0.29) is 0 Å². The predicted molar refractivity (Wildman–Crippen MR) is 85.3 cm³/mol. The van der Waals surface area contributed by atoms with Crippen molar-refractivity contribution >= 4 is 11.5 Å². The van der Waals surface area contributed by atoms with Crippen molar-refractivity contribution in [1.29, 1.82) is 0 Å². The molecular formula is C17H21N3O2. The Balaban J connectivity index is 1.46. The van der Waals surface area contributed by atoms with Gasteiger partial charge in [0.2, 0.25) is 0 Å². The number of ether oxygens (including phenoxy) is 1. The van der Waals surface area contributed by atoms with Gasteiger partial charge in [-0.05, 0) is 31.0 Å². The zero-order valence-electron chi connectivity index (χ0n) is 12.6. The van der Waals surface area contributed by atoms with Gasteiger partial charge in [0, 0.05) is 25.1 Å². The van der Waals surface area contributed by atoms with E-state index in [1.54, 1.807) is 6.26 Å². The summed E-state index contributed by atoms with van der Waals surface area (Å²) in [7, 11) is 0. The first-order valence-corrected chi connectivity index (χ1v) is 8.02. The van der Waals surface area contributed by atoms with Crippen molar-refractivity contribution in [2.24, 2.45) is 0 Å². The second-order valence-electron chi connectivity index (χ2n) is 5.89. The Morgan fingerprint density at radius 1 is 1.18 bits per heavy atom. The van der Waals surface area contributed by atoms with Crippen LogP contribution in [0.15, 0.2) is 35.1 Å². The van der Waals surface area contributed by atoms with Crippen LogP contribution in [0.4, 0.5) is 11.5 Å². The third-order valence-electron chi connectivity index (χ3n) is 4.50. The van der Waals surface area contributed by atoms with Crippen molar-refractivity contribution in [3.05, 3.63) is 42.0 Å². The first-order valence-electron chi connectivity index (χ1n) is 8.02. The number of anilines is 2. The van der Waals surface area contributed by atoms with Crippen LogP contribution in [0.25, 0.3) is 0 Å². The summed E-state index contributed by atoms with van der Waals surface area (Å²) in [5.41, 5.74) is 2.45. The van der Waals surface area contributed by atoms with Crippen LogP contribution >= 0.6 is 0 Å². The molecule has 1 saturated heterocycles. The number of nitrogens with one attached hydrogen (secondary N) is 1. The number of aryl methyl sites for hydroxylation is 1. The maximum Gasteiger partial charge on any atom is 0.126 e. The predicted octanol–water partition coefficient (Wildman–Crippen LogP) is 3.00. The van der Waals surface area contributed by atoms with Gasteiger partial charge in [-0.25, -0.2) is 4.98 Å². The van der Waals surface area contributed by atoms with Crippen molar-refractivity contribution in [2.75, 3.05) is 36.5 Å².